The number of allylic oxidation sites excluding steroid dienone is 2. The van der Waals surface area contributed by atoms with Gasteiger partial charge in [-0.3, -0.25) is 4.79 Å². The van der Waals surface area contributed by atoms with E-state index >= 15 is 0 Å². The second-order valence-corrected chi connectivity index (χ2v) is 5.15. The zero-order chi connectivity index (χ0) is 17.2. The molecular weight excluding hydrogens is 505 g/mol. The SMILES string of the molecule is CC(=O)/C=C(/C)O.OCc1ccc[c-]c1-c1cc(CS)ccn1.[Pt]. The smallest absolute Gasteiger partial charge is 0.155 e. The van der Waals surface area contributed by atoms with Crippen molar-refractivity contribution in [3.05, 3.63) is 65.6 Å². The number of ketones is 1. The van der Waals surface area contributed by atoms with Gasteiger partial charge in [-0.1, -0.05) is 6.07 Å². The van der Waals surface area contributed by atoms with Crippen molar-refractivity contribution in [1.82, 2.24) is 4.98 Å². The van der Waals surface area contributed by atoms with E-state index in [9.17, 15) is 9.90 Å². The molecule has 2 N–H and O–H groups in total. The Morgan fingerprint density at radius 1 is 1.38 bits per heavy atom. The molecule has 0 unspecified atom stereocenters. The fraction of sp³-hybridized carbons (Fsp3) is 0.222. The van der Waals surface area contributed by atoms with Crippen LogP contribution >= 0.6 is 12.6 Å². The summed E-state index contributed by atoms with van der Waals surface area (Å²) in [5.41, 5.74) is 3.63. The molecule has 0 aliphatic carbocycles. The van der Waals surface area contributed by atoms with Crippen LogP contribution in [0.4, 0.5) is 0 Å². The molecular formula is C18H20NO3PtS-. The van der Waals surface area contributed by atoms with Gasteiger partial charge in [0.05, 0.1) is 5.76 Å². The maximum absolute atomic E-state index is 10.0. The Balaban J connectivity index is 0.000000570. The minimum absolute atomic E-state index is 0. The summed E-state index contributed by atoms with van der Waals surface area (Å²) in [6.07, 6.45) is 2.92. The predicted molar refractivity (Wildman–Crippen MR) is 94.2 cm³/mol. The van der Waals surface area contributed by atoms with Gasteiger partial charge in [0, 0.05) is 45.7 Å². The molecule has 0 saturated carbocycles. The maximum atomic E-state index is 10.0. The summed E-state index contributed by atoms with van der Waals surface area (Å²) < 4.78 is 0. The Labute approximate surface area is 162 Å². The standard InChI is InChI=1S/C13H12NOS.C5H8O2.Pt/c15-8-11-3-1-2-4-12(11)13-7-10(9-16)5-6-14-13;1-4(6)3-5(2)7;/h1-3,5-7,15-16H,8-9H2;3,6H,1-2H3;/q-1;;/b;4-3-;. The molecule has 0 radical (unpaired) electrons. The van der Waals surface area contributed by atoms with Crippen molar-refractivity contribution in [2.24, 2.45) is 0 Å². The number of carbonyl (C=O) groups is 1. The summed E-state index contributed by atoms with van der Waals surface area (Å²) in [6, 6.07) is 12.6. The van der Waals surface area contributed by atoms with Crippen LogP contribution in [0.25, 0.3) is 11.3 Å². The number of aliphatic hydroxyl groups excluding tert-OH is 2. The number of aliphatic hydroxyl groups is 2. The Kier molecular flexibility index (Phi) is 11.3. The number of thiol groups is 1. The van der Waals surface area contributed by atoms with Crippen LogP contribution in [0.1, 0.15) is 25.0 Å². The first kappa shape index (κ1) is 22.6. The summed E-state index contributed by atoms with van der Waals surface area (Å²) >= 11 is 4.23. The summed E-state index contributed by atoms with van der Waals surface area (Å²) in [4.78, 5) is 14.3. The van der Waals surface area contributed by atoms with Crippen LogP contribution in [0.15, 0.2) is 48.4 Å². The van der Waals surface area contributed by atoms with E-state index in [0.717, 1.165) is 22.4 Å². The zero-order valence-corrected chi connectivity index (χ0v) is 16.6. The van der Waals surface area contributed by atoms with E-state index in [-0.39, 0.29) is 39.2 Å². The van der Waals surface area contributed by atoms with Crippen molar-refractivity contribution < 1.29 is 36.1 Å². The molecule has 1 aromatic carbocycles. The number of rotatable bonds is 4. The predicted octanol–water partition coefficient (Wildman–Crippen LogP) is 3.51. The maximum Gasteiger partial charge on any atom is 0.155 e. The normalized spacial score (nSPS) is 10.2. The van der Waals surface area contributed by atoms with Crippen LogP contribution in [0.3, 0.4) is 0 Å². The second kappa shape index (κ2) is 12.0. The molecule has 0 spiro atoms. The third-order valence-electron chi connectivity index (χ3n) is 2.79. The van der Waals surface area contributed by atoms with E-state index in [1.807, 2.05) is 30.3 Å². The largest absolute Gasteiger partial charge is 0.512 e. The van der Waals surface area contributed by atoms with Crippen LogP contribution in [0.5, 0.6) is 0 Å². The number of hydrogen-bond acceptors (Lipinski definition) is 5. The van der Waals surface area contributed by atoms with Gasteiger partial charge in [0.15, 0.2) is 5.78 Å². The van der Waals surface area contributed by atoms with E-state index in [2.05, 4.69) is 23.7 Å². The molecule has 0 amide bonds. The quantitative estimate of drug-likeness (QED) is 0.247. The number of hydrogen-bond donors (Lipinski definition) is 3. The molecule has 0 atom stereocenters. The van der Waals surface area contributed by atoms with E-state index in [0.29, 0.717) is 5.75 Å². The molecule has 0 fully saturated rings. The Morgan fingerprint density at radius 3 is 2.58 bits per heavy atom. The van der Waals surface area contributed by atoms with Gasteiger partial charge in [-0.25, -0.2) is 0 Å². The second-order valence-electron chi connectivity index (χ2n) is 4.83. The number of aromatic nitrogens is 1. The first-order chi connectivity index (χ1) is 11.0. The van der Waals surface area contributed by atoms with Crippen molar-refractivity contribution in [3.8, 4) is 11.3 Å². The summed E-state index contributed by atoms with van der Waals surface area (Å²) in [6.45, 7) is 2.85. The molecule has 0 aliphatic rings. The van der Waals surface area contributed by atoms with Crippen LogP contribution in [-0.2, 0) is 38.2 Å². The van der Waals surface area contributed by atoms with Crippen molar-refractivity contribution in [1.29, 1.82) is 0 Å². The van der Waals surface area contributed by atoms with Gasteiger partial charge in [-0.2, -0.15) is 12.6 Å². The first-order valence-electron chi connectivity index (χ1n) is 7.02. The van der Waals surface area contributed by atoms with Gasteiger partial charge < -0.3 is 15.2 Å². The minimum atomic E-state index is -0.125. The van der Waals surface area contributed by atoms with Crippen molar-refractivity contribution in [3.63, 3.8) is 0 Å². The zero-order valence-electron chi connectivity index (χ0n) is 13.5. The number of benzene rings is 1. The van der Waals surface area contributed by atoms with Crippen LogP contribution in [0, 0.1) is 6.07 Å². The number of nitrogens with zero attached hydrogens (tertiary/aromatic N) is 1. The van der Waals surface area contributed by atoms with Gasteiger partial charge in [0.2, 0.25) is 0 Å². The van der Waals surface area contributed by atoms with Crippen molar-refractivity contribution >= 4 is 18.4 Å². The molecule has 1 heterocycles. The summed E-state index contributed by atoms with van der Waals surface area (Å²) in [7, 11) is 0. The average molecular weight is 526 g/mol. The van der Waals surface area contributed by atoms with Crippen LogP contribution in [-0.4, -0.2) is 21.0 Å². The molecule has 24 heavy (non-hydrogen) atoms. The van der Waals surface area contributed by atoms with Crippen molar-refractivity contribution in [2.75, 3.05) is 0 Å². The Hall–Kier alpha value is -1.42. The van der Waals surface area contributed by atoms with E-state index in [4.69, 9.17) is 5.11 Å². The molecule has 6 heteroatoms. The van der Waals surface area contributed by atoms with Crippen LogP contribution in [0.2, 0.25) is 0 Å². The number of carbonyl (C=O) groups excluding carboxylic acids is 1. The van der Waals surface area contributed by atoms with Gasteiger partial charge in [0.1, 0.15) is 0 Å². The summed E-state index contributed by atoms with van der Waals surface area (Å²) in [5, 5.41) is 17.6. The topological polar surface area (TPSA) is 70.4 Å². The Morgan fingerprint density at radius 2 is 2.08 bits per heavy atom. The van der Waals surface area contributed by atoms with Crippen LogP contribution < -0.4 is 0 Å². The van der Waals surface area contributed by atoms with Gasteiger partial charge >= 0.3 is 0 Å². The van der Waals surface area contributed by atoms with E-state index in [1.54, 1.807) is 6.20 Å². The fourth-order valence-electron chi connectivity index (χ4n) is 1.85. The van der Waals surface area contributed by atoms with E-state index in [1.165, 1.54) is 19.9 Å². The molecule has 0 saturated heterocycles. The van der Waals surface area contributed by atoms with Gasteiger partial charge in [-0.15, -0.1) is 35.4 Å². The first-order valence-corrected chi connectivity index (χ1v) is 7.65. The molecule has 132 valence electrons. The molecule has 4 nitrogen and oxygen atoms in total. The minimum Gasteiger partial charge on any atom is -0.512 e. The third-order valence-corrected chi connectivity index (χ3v) is 3.15. The third kappa shape index (κ3) is 7.91. The van der Waals surface area contributed by atoms with E-state index < -0.39 is 0 Å². The fourth-order valence-corrected chi connectivity index (χ4v) is 2.04. The van der Waals surface area contributed by atoms with Gasteiger partial charge in [-0.05, 0) is 31.2 Å². The Bertz CT molecular complexity index is 685. The molecule has 2 rings (SSSR count). The molecule has 0 bridgehead atoms. The molecule has 2 aromatic rings. The summed E-state index contributed by atoms with van der Waals surface area (Å²) in [5.74, 6) is 0.615. The van der Waals surface area contributed by atoms with Gasteiger partial charge in [0.25, 0.3) is 0 Å². The molecule has 0 aliphatic heterocycles. The molecule has 1 aromatic heterocycles. The monoisotopic (exact) mass is 525 g/mol. The number of pyridine rings is 1. The van der Waals surface area contributed by atoms with Crippen molar-refractivity contribution in [2.45, 2.75) is 26.2 Å². The average Bonchev–Trinajstić information content (AvgIpc) is 2.54.